The molecule has 3 aromatic carbocycles. The fourth-order valence-electron chi connectivity index (χ4n) is 4.77. The zero-order valence-corrected chi connectivity index (χ0v) is 22.9. The molecule has 39 heavy (non-hydrogen) atoms. The summed E-state index contributed by atoms with van der Waals surface area (Å²) in [5.41, 5.74) is 5.56. The van der Waals surface area contributed by atoms with Crippen molar-refractivity contribution in [3.05, 3.63) is 117 Å². The van der Waals surface area contributed by atoms with Crippen LogP contribution in [0.5, 0.6) is 5.75 Å². The number of rotatable bonds is 12. The van der Waals surface area contributed by atoms with Crippen LogP contribution in [0.4, 0.5) is 0 Å². The van der Waals surface area contributed by atoms with Gasteiger partial charge >= 0.3 is 5.97 Å². The van der Waals surface area contributed by atoms with Gasteiger partial charge in [-0.1, -0.05) is 81.3 Å². The summed E-state index contributed by atoms with van der Waals surface area (Å²) < 4.78 is 7.98. The largest absolute Gasteiger partial charge is 0.489 e. The van der Waals surface area contributed by atoms with Crippen molar-refractivity contribution < 1.29 is 14.6 Å². The smallest absolute Gasteiger partial charge is 0.335 e. The van der Waals surface area contributed by atoms with Gasteiger partial charge in [0.1, 0.15) is 18.2 Å². The number of ether oxygens (including phenoxy) is 1. The number of nitrogens with zero attached hydrogens (tertiary/aromatic N) is 2. The number of hydrogen-bond acceptors (Lipinski definition) is 4. The van der Waals surface area contributed by atoms with Crippen LogP contribution < -0.4 is 10.3 Å². The second-order valence-electron chi connectivity index (χ2n) is 9.83. The van der Waals surface area contributed by atoms with Crippen molar-refractivity contribution in [3.8, 4) is 16.9 Å². The Morgan fingerprint density at radius 3 is 2.31 bits per heavy atom. The molecule has 0 spiro atoms. The van der Waals surface area contributed by atoms with Gasteiger partial charge in [0, 0.05) is 6.42 Å². The van der Waals surface area contributed by atoms with E-state index < -0.39 is 5.97 Å². The van der Waals surface area contributed by atoms with Crippen molar-refractivity contribution in [1.29, 1.82) is 0 Å². The minimum absolute atomic E-state index is 0.0121. The highest BCUT2D eigenvalue weighted by atomic mass is 16.5. The number of aryl methyl sites for hydroxylation is 3. The summed E-state index contributed by atoms with van der Waals surface area (Å²) in [5, 5.41) is 9.12. The number of carboxylic acid groups (broad SMARTS) is 1. The van der Waals surface area contributed by atoms with Crippen molar-refractivity contribution in [3.63, 3.8) is 0 Å². The zero-order valence-electron chi connectivity index (χ0n) is 22.9. The maximum atomic E-state index is 13.8. The van der Waals surface area contributed by atoms with Gasteiger partial charge in [0.15, 0.2) is 0 Å². The van der Waals surface area contributed by atoms with E-state index in [1.807, 2.05) is 54.0 Å². The van der Waals surface area contributed by atoms with Crippen LogP contribution in [0.2, 0.25) is 0 Å². The number of aromatic carboxylic acids is 1. The Morgan fingerprint density at radius 2 is 1.64 bits per heavy atom. The first-order chi connectivity index (χ1) is 18.9. The Balaban J connectivity index is 1.64. The molecule has 1 aromatic heterocycles. The predicted octanol–water partition coefficient (Wildman–Crippen LogP) is 6.84. The molecule has 0 saturated heterocycles. The summed E-state index contributed by atoms with van der Waals surface area (Å²) >= 11 is 0. The van der Waals surface area contributed by atoms with Crippen LogP contribution in [0.15, 0.2) is 77.6 Å². The molecule has 0 aliphatic heterocycles. The predicted molar refractivity (Wildman–Crippen MR) is 155 cm³/mol. The first kappa shape index (κ1) is 27.8. The average molecular weight is 525 g/mol. The molecule has 0 aliphatic rings. The molecule has 0 atom stereocenters. The highest BCUT2D eigenvalue weighted by Crippen LogP contribution is 2.25. The van der Waals surface area contributed by atoms with Gasteiger partial charge in [-0.3, -0.25) is 9.36 Å². The topological polar surface area (TPSA) is 81.4 Å². The molecule has 0 fully saturated rings. The monoisotopic (exact) mass is 524 g/mol. The lowest BCUT2D eigenvalue weighted by Crippen LogP contribution is -2.28. The Kier molecular flexibility index (Phi) is 9.31. The molecule has 0 unspecified atom stereocenters. The van der Waals surface area contributed by atoms with Gasteiger partial charge in [0.25, 0.3) is 5.56 Å². The molecule has 6 nitrogen and oxygen atoms in total. The summed E-state index contributed by atoms with van der Waals surface area (Å²) in [6.45, 7) is 6.98. The Bertz CT molecular complexity index is 1470. The van der Waals surface area contributed by atoms with E-state index in [9.17, 15) is 9.59 Å². The summed E-state index contributed by atoms with van der Waals surface area (Å²) in [5.74, 6) is 0.676. The summed E-state index contributed by atoms with van der Waals surface area (Å²) in [6.07, 6.45) is 4.56. The second-order valence-corrected chi connectivity index (χ2v) is 9.83. The highest BCUT2D eigenvalue weighted by Gasteiger charge is 2.17. The van der Waals surface area contributed by atoms with E-state index in [1.165, 1.54) is 0 Å². The van der Waals surface area contributed by atoms with Crippen LogP contribution in [-0.2, 0) is 26.0 Å². The number of aromatic nitrogens is 2. The number of carbonyl (C=O) groups is 1. The molecule has 0 amide bonds. The quantitative estimate of drug-likeness (QED) is 0.219. The van der Waals surface area contributed by atoms with Crippen LogP contribution in [0.3, 0.4) is 0 Å². The minimum atomic E-state index is -0.945. The van der Waals surface area contributed by atoms with Crippen LogP contribution in [0, 0.1) is 6.92 Å². The maximum Gasteiger partial charge on any atom is 0.335 e. The molecule has 6 heteroatoms. The molecule has 1 N–H and O–H groups in total. The van der Waals surface area contributed by atoms with E-state index in [2.05, 4.69) is 19.9 Å². The average Bonchev–Trinajstić information content (AvgIpc) is 2.94. The van der Waals surface area contributed by atoms with Crippen LogP contribution in [-0.4, -0.2) is 20.6 Å². The highest BCUT2D eigenvalue weighted by molar-refractivity contribution is 5.87. The molecular formula is C33H36N2O4. The molecule has 4 aromatic rings. The van der Waals surface area contributed by atoms with Gasteiger partial charge in [-0.25, -0.2) is 9.78 Å². The van der Waals surface area contributed by atoms with E-state index in [0.717, 1.165) is 71.6 Å². The molecule has 1 heterocycles. The zero-order chi connectivity index (χ0) is 27.8. The third-order valence-corrected chi connectivity index (χ3v) is 6.83. The van der Waals surface area contributed by atoms with E-state index in [1.54, 1.807) is 24.3 Å². The van der Waals surface area contributed by atoms with Crippen molar-refractivity contribution in [2.24, 2.45) is 0 Å². The Labute approximate surface area is 229 Å². The Morgan fingerprint density at radius 1 is 0.923 bits per heavy atom. The fraction of sp³-hybridized carbons (Fsp3) is 0.303. The molecule has 202 valence electrons. The molecule has 0 saturated carbocycles. The van der Waals surface area contributed by atoms with Gasteiger partial charge in [0.2, 0.25) is 0 Å². The van der Waals surface area contributed by atoms with Gasteiger partial charge < -0.3 is 9.84 Å². The van der Waals surface area contributed by atoms with Crippen molar-refractivity contribution in [1.82, 2.24) is 9.55 Å². The third-order valence-electron chi connectivity index (χ3n) is 6.83. The van der Waals surface area contributed by atoms with E-state index in [0.29, 0.717) is 18.7 Å². The number of unbranched alkanes of at least 4 members (excludes halogenated alkanes) is 1. The Hall–Kier alpha value is -4.19. The van der Waals surface area contributed by atoms with Crippen LogP contribution >= 0.6 is 0 Å². The molecular weight excluding hydrogens is 488 g/mol. The van der Waals surface area contributed by atoms with Gasteiger partial charge in [-0.15, -0.1) is 0 Å². The lowest BCUT2D eigenvalue weighted by Gasteiger charge is -2.18. The summed E-state index contributed by atoms with van der Waals surface area (Å²) in [6, 6.07) is 22.6. The number of carboxylic acids is 1. The minimum Gasteiger partial charge on any atom is -0.489 e. The molecule has 0 radical (unpaired) electrons. The number of hydrogen-bond donors (Lipinski definition) is 1. The molecule has 0 aliphatic carbocycles. The third kappa shape index (κ3) is 6.82. The lowest BCUT2D eigenvalue weighted by atomic mass is 10.0. The van der Waals surface area contributed by atoms with Crippen LogP contribution in [0.1, 0.15) is 71.7 Å². The molecule has 0 bridgehead atoms. The summed E-state index contributed by atoms with van der Waals surface area (Å²) in [7, 11) is 0. The maximum absolute atomic E-state index is 13.8. The van der Waals surface area contributed by atoms with E-state index in [4.69, 9.17) is 14.8 Å². The first-order valence-electron chi connectivity index (χ1n) is 13.6. The molecule has 4 rings (SSSR count). The van der Waals surface area contributed by atoms with E-state index >= 15 is 0 Å². The van der Waals surface area contributed by atoms with Crippen molar-refractivity contribution >= 4 is 5.97 Å². The van der Waals surface area contributed by atoms with Gasteiger partial charge in [-0.2, -0.15) is 0 Å². The van der Waals surface area contributed by atoms with Crippen molar-refractivity contribution in [2.75, 3.05) is 0 Å². The normalized spacial score (nSPS) is 10.9. The van der Waals surface area contributed by atoms with Crippen LogP contribution in [0.25, 0.3) is 11.1 Å². The van der Waals surface area contributed by atoms with E-state index in [-0.39, 0.29) is 11.1 Å². The first-order valence-corrected chi connectivity index (χ1v) is 13.6. The standard InChI is InChI=1S/C33H36N2O4/c1-4-6-13-30-34-23(3)31(26-11-8-7-9-12-26)32(36)35(30)21-25-16-19-29(28(20-25)10-5-2)39-22-24-14-17-27(18-15-24)33(37)38/h7-9,11-12,14-20H,4-6,10,13,21-22H2,1-3H3,(H,37,38). The fourth-order valence-corrected chi connectivity index (χ4v) is 4.77. The van der Waals surface area contributed by atoms with Crippen molar-refractivity contribution in [2.45, 2.75) is 66.0 Å². The van der Waals surface area contributed by atoms with Gasteiger partial charge in [-0.05, 0) is 60.2 Å². The summed E-state index contributed by atoms with van der Waals surface area (Å²) in [4.78, 5) is 29.9. The lowest BCUT2D eigenvalue weighted by molar-refractivity contribution is 0.0697. The SMILES string of the molecule is CCCCc1nc(C)c(-c2ccccc2)c(=O)n1Cc1ccc(OCc2ccc(C(=O)O)cc2)c(CCC)c1. The number of benzene rings is 3. The van der Waals surface area contributed by atoms with Gasteiger partial charge in [0.05, 0.1) is 23.4 Å². The second kappa shape index (κ2) is 13.1.